The van der Waals surface area contributed by atoms with Gasteiger partial charge in [-0.05, 0) is 0 Å². The van der Waals surface area contributed by atoms with E-state index in [4.69, 9.17) is 3.25 Å². The minimum absolute atomic E-state index is 0. The molecule has 33 valence electrons. The minimum Gasteiger partial charge on any atom is 0 e. The fraction of sp³-hybridized carbons (Fsp3) is 0. The van der Waals surface area contributed by atoms with E-state index in [-0.39, 0.29) is 43.7 Å². The smallest absolute Gasteiger partial charge is 0 e. The van der Waals surface area contributed by atoms with Crippen LogP contribution < -0.4 is 0 Å². The molecule has 0 aliphatic rings. The molecule has 0 atom stereocenters. The molecular weight excluding hydrogens is 231 g/mol. The second-order valence-corrected chi connectivity index (χ2v) is 0. The molecule has 0 rings (SSSR count). The summed E-state index contributed by atoms with van der Waals surface area (Å²) in [6.45, 7) is 0. The van der Waals surface area contributed by atoms with Crippen molar-refractivity contribution in [2.24, 2.45) is 0 Å². The zero-order valence-corrected chi connectivity index (χ0v) is 6.92. The average Bonchev–Trinajstić information content (AvgIpc) is 1.00. The maximum Gasteiger partial charge on any atom is 0 e. The molecule has 0 aliphatic heterocycles. The summed E-state index contributed by atoms with van der Waals surface area (Å²) >= 11 is 0.500. The van der Waals surface area contributed by atoms with Crippen molar-refractivity contribution in [2.75, 3.05) is 0 Å². The van der Waals surface area contributed by atoms with Gasteiger partial charge in [0, 0.05) is 38.2 Å². The summed E-state index contributed by atoms with van der Waals surface area (Å²) in [4.78, 5) is 0. The molecule has 0 bridgehead atoms. The Balaban J connectivity index is -0.00000000167. The molecule has 0 saturated heterocycles. The van der Waals surface area contributed by atoms with Crippen LogP contribution in [0.3, 0.4) is 0 Å². The third kappa shape index (κ3) is 26.9. The van der Waals surface area contributed by atoms with Crippen LogP contribution in [0.4, 0.5) is 0 Å². The molecule has 0 aromatic carbocycles. The summed E-state index contributed by atoms with van der Waals surface area (Å²) < 4.78 is 8.30. The van der Waals surface area contributed by atoms with E-state index in [0.29, 0.717) is 21.0 Å². The Morgan fingerprint density at radius 1 is 1.20 bits per heavy atom. The predicted octanol–water partition coefficient (Wildman–Crippen LogP) is -0.951. The molecule has 0 unspecified atom stereocenters. The molecule has 0 spiro atoms. The largest absolute Gasteiger partial charge is 0 e. The fourth-order valence-electron chi connectivity index (χ4n) is 0. The summed E-state index contributed by atoms with van der Waals surface area (Å²) in [5.74, 6) is 0. The second kappa shape index (κ2) is 43.4. The van der Waals surface area contributed by atoms with Gasteiger partial charge in [0.15, 0.2) is 0 Å². The average molecular weight is 233 g/mol. The van der Waals surface area contributed by atoms with Gasteiger partial charge in [0.1, 0.15) is 0 Å². The van der Waals surface area contributed by atoms with Crippen molar-refractivity contribution < 1.29 is 68.0 Å². The van der Waals surface area contributed by atoms with Crippen LogP contribution in [0.15, 0.2) is 0 Å². The monoisotopic (exact) mass is 233 g/mol. The number of hydrogen-bond acceptors (Lipinski definition) is 1. The molecule has 0 aromatic heterocycles. The first-order valence-electron chi connectivity index (χ1n) is 0.183. The standard InChI is InChI=1S/Nb.Ni.H2O.O.Ti/h;;1H2;;. The van der Waals surface area contributed by atoms with E-state index in [1.807, 2.05) is 0 Å². The molecule has 0 aromatic rings. The zero-order valence-electron chi connectivity index (χ0n) is 2.17. The SMILES string of the molecule is O.[Ni].[O]=[Nb].[Ti]. The van der Waals surface area contributed by atoms with Crippen LogP contribution in [0.2, 0.25) is 0 Å². The van der Waals surface area contributed by atoms with Gasteiger partial charge in [-0.15, -0.1) is 0 Å². The van der Waals surface area contributed by atoms with E-state index in [9.17, 15) is 0 Å². The van der Waals surface area contributed by atoms with Crippen molar-refractivity contribution in [1.29, 1.82) is 0 Å². The molecule has 0 saturated carbocycles. The van der Waals surface area contributed by atoms with E-state index in [1.165, 1.54) is 0 Å². The van der Waals surface area contributed by atoms with Crippen LogP contribution in [0, 0.1) is 0 Å². The Morgan fingerprint density at radius 3 is 1.20 bits per heavy atom. The van der Waals surface area contributed by atoms with Gasteiger partial charge in [0.2, 0.25) is 0 Å². The number of hydrogen-bond donors (Lipinski definition) is 0. The molecule has 2 nitrogen and oxygen atoms in total. The van der Waals surface area contributed by atoms with Gasteiger partial charge in [0.25, 0.3) is 0 Å². The molecule has 5 heteroatoms. The van der Waals surface area contributed by atoms with Gasteiger partial charge < -0.3 is 5.48 Å². The minimum atomic E-state index is 0. The molecular formula is H2NbNiO2Ti. The van der Waals surface area contributed by atoms with Crippen LogP contribution >= 0.6 is 0 Å². The first-order valence-corrected chi connectivity index (χ1v) is 1.08. The third-order valence-corrected chi connectivity index (χ3v) is 0. The summed E-state index contributed by atoms with van der Waals surface area (Å²) in [7, 11) is 0. The summed E-state index contributed by atoms with van der Waals surface area (Å²) in [5, 5.41) is 0. The third-order valence-electron chi connectivity index (χ3n) is 0. The molecule has 0 heterocycles. The van der Waals surface area contributed by atoms with E-state index < -0.39 is 0 Å². The predicted molar refractivity (Wildman–Crippen MR) is 4.30 cm³/mol. The zero-order chi connectivity index (χ0) is 2.00. The van der Waals surface area contributed by atoms with Crippen LogP contribution in [0.25, 0.3) is 0 Å². The fourth-order valence-corrected chi connectivity index (χ4v) is 0. The molecule has 2 N–H and O–H groups in total. The van der Waals surface area contributed by atoms with Gasteiger partial charge in [0.05, 0.1) is 0 Å². The molecule has 0 radical (unpaired) electrons. The first kappa shape index (κ1) is 29.8. The molecule has 0 aliphatic carbocycles. The van der Waals surface area contributed by atoms with Gasteiger partial charge in [-0.1, -0.05) is 0 Å². The van der Waals surface area contributed by atoms with Crippen molar-refractivity contribution in [3.05, 3.63) is 0 Å². The second-order valence-electron chi connectivity index (χ2n) is 0. The topological polar surface area (TPSA) is 48.6 Å². The Morgan fingerprint density at radius 2 is 1.20 bits per heavy atom. The maximum absolute atomic E-state index is 8.30. The summed E-state index contributed by atoms with van der Waals surface area (Å²) in [6.07, 6.45) is 0. The van der Waals surface area contributed by atoms with Gasteiger partial charge >= 0.3 is 24.3 Å². The number of rotatable bonds is 0. The quantitative estimate of drug-likeness (QED) is 0.498. The van der Waals surface area contributed by atoms with Gasteiger partial charge in [-0.2, -0.15) is 0 Å². The van der Waals surface area contributed by atoms with Crippen molar-refractivity contribution in [3.8, 4) is 0 Å². The van der Waals surface area contributed by atoms with E-state index >= 15 is 0 Å². The van der Waals surface area contributed by atoms with Crippen LogP contribution in [0.5, 0.6) is 0 Å². The van der Waals surface area contributed by atoms with Crippen LogP contribution in [0.1, 0.15) is 0 Å². The van der Waals surface area contributed by atoms with Gasteiger partial charge in [-0.3, -0.25) is 0 Å². The van der Waals surface area contributed by atoms with E-state index in [1.54, 1.807) is 0 Å². The Labute approximate surface area is 67.5 Å². The van der Waals surface area contributed by atoms with E-state index in [0.717, 1.165) is 0 Å². The van der Waals surface area contributed by atoms with E-state index in [2.05, 4.69) is 0 Å². The molecule has 0 amide bonds. The van der Waals surface area contributed by atoms with Crippen molar-refractivity contribution >= 4 is 0 Å². The van der Waals surface area contributed by atoms with Crippen molar-refractivity contribution in [1.82, 2.24) is 0 Å². The van der Waals surface area contributed by atoms with Crippen molar-refractivity contribution in [2.45, 2.75) is 0 Å². The maximum atomic E-state index is 8.30. The Bertz CT molecular complexity index is 9.61. The van der Waals surface area contributed by atoms with Crippen LogP contribution in [-0.4, -0.2) is 5.48 Å². The molecule has 0 fully saturated rings. The van der Waals surface area contributed by atoms with Crippen LogP contribution in [-0.2, 0) is 62.5 Å². The summed E-state index contributed by atoms with van der Waals surface area (Å²) in [6, 6.07) is 0. The first-order chi connectivity index (χ1) is 1.00. The van der Waals surface area contributed by atoms with Crippen molar-refractivity contribution in [3.63, 3.8) is 0 Å². The normalized spacial score (nSPS) is 0.600. The Kier molecular flexibility index (Phi) is 258. The van der Waals surface area contributed by atoms with Gasteiger partial charge in [-0.25, -0.2) is 0 Å². The Hall–Kier alpha value is 1.71. The summed E-state index contributed by atoms with van der Waals surface area (Å²) in [5.41, 5.74) is 0. The molecule has 5 heavy (non-hydrogen) atoms.